The van der Waals surface area contributed by atoms with Gasteiger partial charge in [-0.15, -0.1) is 0 Å². The van der Waals surface area contributed by atoms with Gasteiger partial charge in [0.2, 0.25) is 0 Å². The van der Waals surface area contributed by atoms with Gasteiger partial charge in [0, 0.05) is 0 Å². The fourth-order valence-electron chi connectivity index (χ4n) is 2.55. The zero-order chi connectivity index (χ0) is 7.73. The second kappa shape index (κ2) is 2.63. The fraction of sp³-hybridized carbons (Fsp3) is 0.800. The molecule has 0 aromatic carbocycles. The predicted molar refractivity (Wildman–Crippen MR) is 45.3 cm³/mol. The van der Waals surface area contributed by atoms with Gasteiger partial charge in [-0.3, -0.25) is 0 Å². The average Bonchev–Trinajstić information content (AvgIpc) is 2.37. The van der Waals surface area contributed by atoms with E-state index in [2.05, 4.69) is 12.2 Å². The van der Waals surface area contributed by atoms with E-state index in [0.717, 1.165) is 12.8 Å². The van der Waals surface area contributed by atoms with Gasteiger partial charge in [0.15, 0.2) is 0 Å². The number of rotatable bonds is 0. The van der Waals surface area contributed by atoms with Gasteiger partial charge in [-0.2, -0.15) is 0 Å². The third-order valence-corrected chi connectivity index (χ3v) is 3.12. The van der Waals surface area contributed by atoms with E-state index >= 15 is 0 Å². The maximum absolute atomic E-state index is 9.48. The fourth-order valence-corrected chi connectivity index (χ4v) is 2.55. The summed E-state index contributed by atoms with van der Waals surface area (Å²) in [6.45, 7) is 0. The topological polar surface area (TPSA) is 20.2 Å². The summed E-state index contributed by atoms with van der Waals surface area (Å²) in [7, 11) is 0. The lowest BCUT2D eigenvalue weighted by Crippen LogP contribution is -2.24. The van der Waals surface area contributed by atoms with E-state index in [-0.39, 0.29) is 6.10 Å². The molecule has 1 heteroatoms. The normalized spacial score (nSPS) is 34.8. The van der Waals surface area contributed by atoms with Gasteiger partial charge in [-0.1, -0.05) is 25.0 Å². The van der Waals surface area contributed by atoms with Gasteiger partial charge in [-0.05, 0) is 31.1 Å². The number of allylic oxidation sites excluding steroid dienone is 1. The molecule has 11 heavy (non-hydrogen) atoms. The second-order valence-electron chi connectivity index (χ2n) is 4.07. The first-order chi connectivity index (χ1) is 5.31. The van der Waals surface area contributed by atoms with Crippen molar-refractivity contribution in [3.05, 3.63) is 12.2 Å². The molecule has 2 aliphatic rings. The lowest BCUT2D eigenvalue weighted by Gasteiger charge is -2.31. The molecule has 62 valence electrons. The molecule has 0 radical (unpaired) electrons. The highest BCUT2D eigenvalue weighted by atomic mass is 16.3. The highest BCUT2D eigenvalue weighted by Crippen LogP contribution is 2.45. The van der Waals surface area contributed by atoms with Gasteiger partial charge < -0.3 is 5.11 Å². The van der Waals surface area contributed by atoms with Crippen molar-refractivity contribution in [2.75, 3.05) is 0 Å². The monoisotopic (exact) mass is 152 g/mol. The van der Waals surface area contributed by atoms with Crippen LogP contribution in [-0.4, -0.2) is 11.2 Å². The number of hydrogen-bond acceptors (Lipinski definition) is 1. The highest BCUT2D eigenvalue weighted by Gasteiger charge is 2.34. The zero-order valence-electron chi connectivity index (χ0n) is 6.92. The van der Waals surface area contributed by atoms with Crippen molar-refractivity contribution in [3.63, 3.8) is 0 Å². The standard InChI is InChI=1S/C10H16O/c11-9-4-3-7-10(8-9)5-1-2-6-10/h3,7,9,11H,1-2,4-6,8H2. The van der Waals surface area contributed by atoms with E-state index in [9.17, 15) is 5.11 Å². The third-order valence-electron chi connectivity index (χ3n) is 3.12. The summed E-state index contributed by atoms with van der Waals surface area (Å²) >= 11 is 0. The van der Waals surface area contributed by atoms with Crippen LogP contribution >= 0.6 is 0 Å². The molecule has 1 saturated carbocycles. The largest absolute Gasteiger partial charge is 0.393 e. The molecular formula is C10H16O. The smallest absolute Gasteiger partial charge is 0.0582 e. The van der Waals surface area contributed by atoms with Crippen molar-refractivity contribution in [3.8, 4) is 0 Å². The van der Waals surface area contributed by atoms with Crippen LogP contribution < -0.4 is 0 Å². The van der Waals surface area contributed by atoms with Crippen LogP contribution in [0.1, 0.15) is 38.5 Å². The average molecular weight is 152 g/mol. The van der Waals surface area contributed by atoms with Crippen LogP contribution in [0.25, 0.3) is 0 Å². The Labute approximate surface area is 68.1 Å². The minimum atomic E-state index is -0.0573. The van der Waals surface area contributed by atoms with Crippen LogP contribution in [0.2, 0.25) is 0 Å². The molecule has 1 nitrogen and oxygen atoms in total. The molecule has 1 unspecified atom stereocenters. The first-order valence-corrected chi connectivity index (χ1v) is 4.67. The Hall–Kier alpha value is -0.300. The Morgan fingerprint density at radius 2 is 2.00 bits per heavy atom. The number of hydrogen-bond donors (Lipinski definition) is 1. The number of aliphatic hydroxyl groups excluding tert-OH is 1. The first-order valence-electron chi connectivity index (χ1n) is 4.67. The quantitative estimate of drug-likeness (QED) is 0.528. The summed E-state index contributed by atoms with van der Waals surface area (Å²) in [5.41, 5.74) is 0.414. The summed E-state index contributed by atoms with van der Waals surface area (Å²) in [6.07, 6.45) is 11.7. The molecule has 0 saturated heterocycles. The Bertz CT molecular complexity index is 166. The van der Waals surface area contributed by atoms with Crippen molar-refractivity contribution in [1.29, 1.82) is 0 Å². The minimum Gasteiger partial charge on any atom is -0.393 e. The summed E-state index contributed by atoms with van der Waals surface area (Å²) < 4.78 is 0. The predicted octanol–water partition coefficient (Wildman–Crippen LogP) is 2.26. The van der Waals surface area contributed by atoms with Gasteiger partial charge in [-0.25, -0.2) is 0 Å². The molecule has 1 N–H and O–H groups in total. The summed E-state index contributed by atoms with van der Waals surface area (Å²) in [5, 5.41) is 9.48. The van der Waals surface area contributed by atoms with E-state index in [1.54, 1.807) is 0 Å². The lowest BCUT2D eigenvalue weighted by atomic mass is 9.76. The van der Waals surface area contributed by atoms with E-state index in [4.69, 9.17) is 0 Å². The third kappa shape index (κ3) is 1.34. The van der Waals surface area contributed by atoms with Crippen LogP contribution in [0.3, 0.4) is 0 Å². The highest BCUT2D eigenvalue weighted by molar-refractivity contribution is 5.07. The van der Waals surface area contributed by atoms with Crippen molar-refractivity contribution in [1.82, 2.24) is 0 Å². The van der Waals surface area contributed by atoms with Crippen LogP contribution in [0.5, 0.6) is 0 Å². The van der Waals surface area contributed by atoms with Crippen LogP contribution in [0.15, 0.2) is 12.2 Å². The maximum atomic E-state index is 9.48. The molecule has 0 aromatic rings. The molecule has 1 fully saturated rings. The molecule has 0 bridgehead atoms. The molecule has 0 heterocycles. The number of aliphatic hydroxyl groups is 1. The van der Waals surface area contributed by atoms with Crippen molar-refractivity contribution < 1.29 is 5.11 Å². The minimum absolute atomic E-state index is 0.0573. The van der Waals surface area contributed by atoms with Crippen molar-refractivity contribution >= 4 is 0 Å². The molecule has 1 atom stereocenters. The SMILES string of the molecule is OC1CC=CC2(CCCC2)C1. The Kier molecular flexibility index (Phi) is 1.76. The van der Waals surface area contributed by atoms with Crippen molar-refractivity contribution in [2.45, 2.75) is 44.6 Å². The Morgan fingerprint density at radius 3 is 2.64 bits per heavy atom. The molecule has 0 amide bonds. The summed E-state index contributed by atoms with van der Waals surface area (Å²) in [6, 6.07) is 0. The van der Waals surface area contributed by atoms with Gasteiger partial charge in [0.25, 0.3) is 0 Å². The van der Waals surface area contributed by atoms with E-state index in [1.165, 1.54) is 25.7 Å². The molecule has 0 aliphatic heterocycles. The maximum Gasteiger partial charge on any atom is 0.0582 e. The zero-order valence-corrected chi connectivity index (χ0v) is 6.92. The van der Waals surface area contributed by atoms with Gasteiger partial charge in [0.05, 0.1) is 6.10 Å². The van der Waals surface area contributed by atoms with Crippen molar-refractivity contribution in [2.24, 2.45) is 5.41 Å². The molecule has 1 spiro atoms. The van der Waals surface area contributed by atoms with Crippen LogP contribution in [-0.2, 0) is 0 Å². The molecule has 2 rings (SSSR count). The van der Waals surface area contributed by atoms with E-state index in [0.29, 0.717) is 5.41 Å². The van der Waals surface area contributed by atoms with E-state index in [1.807, 2.05) is 0 Å². The Morgan fingerprint density at radius 1 is 1.27 bits per heavy atom. The summed E-state index contributed by atoms with van der Waals surface area (Å²) in [4.78, 5) is 0. The second-order valence-corrected chi connectivity index (χ2v) is 4.07. The van der Waals surface area contributed by atoms with Gasteiger partial charge >= 0.3 is 0 Å². The van der Waals surface area contributed by atoms with Gasteiger partial charge in [0.1, 0.15) is 0 Å². The Balaban J connectivity index is 2.12. The van der Waals surface area contributed by atoms with Crippen LogP contribution in [0.4, 0.5) is 0 Å². The van der Waals surface area contributed by atoms with Crippen LogP contribution in [0, 0.1) is 5.41 Å². The van der Waals surface area contributed by atoms with E-state index < -0.39 is 0 Å². The molecule has 2 aliphatic carbocycles. The molecule has 0 aromatic heterocycles. The lowest BCUT2D eigenvalue weighted by molar-refractivity contribution is 0.113. The first kappa shape index (κ1) is 7.35. The molecular weight excluding hydrogens is 136 g/mol. The summed E-state index contributed by atoms with van der Waals surface area (Å²) in [5.74, 6) is 0.